The van der Waals surface area contributed by atoms with Crippen LogP contribution >= 0.6 is 0 Å². The molecule has 0 saturated heterocycles. The van der Waals surface area contributed by atoms with E-state index in [2.05, 4.69) is 51.1 Å². The van der Waals surface area contributed by atoms with Crippen molar-refractivity contribution >= 4 is 5.97 Å². The van der Waals surface area contributed by atoms with Crippen LogP contribution in [0.2, 0.25) is 0 Å². The summed E-state index contributed by atoms with van der Waals surface area (Å²) in [4.78, 5) is 12.3. The van der Waals surface area contributed by atoms with E-state index in [1.807, 2.05) is 13.0 Å². The van der Waals surface area contributed by atoms with Crippen LogP contribution in [0.3, 0.4) is 0 Å². The standard InChI is InChI=1S/C25H36O3/c1-5-20(18-26)16-19(2)23-13-6-7-15-25(3,4)22-12-8-10-21(17-22)11-9-14-24(27)28-23/h8-10,12,14,16-17,20,23,26H,5-7,11,13,15,18H2,1-4H3/b14-9+,19-16-/t20-,23+/m1/s1. The quantitative estimate of drug-likeness (QED) is 0.550. The maximum absolute atomic E-state index is 12.3. The number of carbonyl (C=O) groups excluding carboxylic acids is 1. The summed E-state index contributed by atoms with van der Waals surface area (Å²) >= 11 is 0. The first-order valence-electron chi connectivity index (χ1n) is 10.6. The molecular formula is C25H36O3. The third kappa shape index (κ3) is 6.63. The molecule has 1 aliphatic heterocycles. The summed E-state index contributed by atoms with van der Waals surface area (Å²) in [6, 6.07) is 8.69. The average Bonchev–Trinajstić information content (AvgIpc) is 2.67. The summed E-state index contributed by atoms with van der Waals surface area (Å²) in [7, 11) is 0. The Labute approximate surface area is 170 Å². The van der Waals surface area contributed by atoms with Crippen molar-refractivity contribution in [3.8, 4) is 0 Å². The van der Waals surface area contributed by atoms with Crippen LogP contribution in [0.4, 0.5) is 0 Å². The Hall–Kier alpha value is -1.87. The average molecular weight is 385 g/mol. The summed E-state index contributed by atoms with van der Waals surface area (Å²) in [5.74, 6) is -0.172. The fourth-order valence-corrected chi connectivity index (χ4v) is 3.79. The molecule has 3 heteroatoms. The summed E-state index contributed by atoms with van der Waals surface area (Å²) in [5, 5.41) is 9.49. The van der Waals surface area contributed by atoms with Gasteiger partial charge < -0.3 is 9.84 Å². The van der Waals surface area contributed by atoms with Crippen LogP contribution in [0.25, 0.3) is 0 Å². The van der Waals surface area contributed by atoms with Crippen molar-refractivity contribution in [3.05, 3.63) is 59.2 Å². The fourth-order valence-electron chi connectivity index (χ4n) is 3.79. The van der Waals surface area contributed by atoms with E-state index in [1.165, 1.54) is 11.1 Å². The number of cyclic esters (lactones) is 1. The van der Waals surface area contributed by atoms with E-state index >= 15 is 0 Å². The number of hydrogen-bond acceptors (Lipinski definition) is 3. The monoisotopic (exact) mass is 384 g/mol. The molecule has 0 unspecified atom stereocenters. The van der Waals surface area contributed by atoms with E-state index in [-0.39, 0.29) is 30.0 Å². The van der Waals surface area contributed by atoms with Gasteiger partial charge in [0.15, 0.2) is 0 Å². The number of aliphatic hydroxyl groups excluding tert-OH is 1. The second-order valence-electron chi connectivity index (χ2n) is 8.62. The van der Waals surface area contributed by atoms with Gasteiger partial charge in [-0.1, -0.05) is 63.6 Å². The molecule has 0 amide bonds. The van der Waals surface area contributed by atoms with Crippen molar-refractivity contribution in [2.75, 3.05) is 6.61 Å². The molecule has 2 bridgehead atoms. The highest BCUT2D eigenvalue weighted by atomic mass is 16.5. The third-order valence-corrected chi connectivity index (χ3v) is 5.86. The normalized spacial score (nSPS) is 23.4. The van der Waals surface area contributed by atoms with Crippen molar-refractivity contribution in [1.82, 2.24) is 0 Å². The number of carbonyl (C=O) groups is 1. The second-order valence-corrected chi connectivity index (χ2v) is 8.62. The Morgan fingerprint density at radius 2 is 2.14 bits per heavy atom. The molecule has 2 rings (SSSR count). The minimum absolute atomic E-state index is 0.117. The van der Waals surface area contributed by atoms with Crippen LogP contribution < -0.4 is 0 Å². The molecule has 154 valence electrons. The molecule has 28 heavy (non-hydrogen) atoms. The van der Waals surface area contributed by atoms with Crippen molar-refractivity contribution in [1.29, 1.82) is 0 Å². The smallest absolute Gasteiger partial charge is 0.331 e. The Kier molecular flexibility index (Phi) is 8.50. The molecule has 0 spiro atoms. The Bertz CT molecular complexity index is 695. The first kappa shape index (κ1) is 22.4. The van der Waals surface area contributed by atoms with Gasteiger partial charge in [0.2, 0.25) is 0 Å². The van der Waals surface area contributed by atoms with E-state index in [9.17, 15) is 9.90 Å². The first-order chi connectivity index (χ1) is 13.4. The van der Waals surface area contributed by atoms with Crippen LogP contribution in [-0.2, 0) is 21.4 Å². The Morgan fingerprint density at radius 3 is 2.86 bits per heavy atom. The van der Waals surface area contributed by atoms with Crippen molar-refractivity contribution in [2.45, 2.75) is 77.7 Å². The first-order valence-corrected chi connectivity index (χ1v) is 10.6. The van der Waals surface area contributed by atoms with Gasteiger partial charge in [0, 0.05) is 18.6 Å². The van der Waals surface area contributed by atoms with Crippen LogP contribution in [0, 0.1) is 5.92 Å². The lowest BCUT2D eigenvalue weighted by molar-refractivity contribution is -0.141. The lowest BCUT2D eigenvalue weighted by atomic mass is 9.79. The van der Waals surface area contributed by atoms with Crippen LogP contribution in [0.15, 0.2) is 48.1 Å². The van der Waals surface area contributed by atoms with Crippen LogP contribution in [0.1, 0.15) is 70.9 Å². The molecule has 3 nitrogen and oxygen atoms in total. The summed E-state index contributed by atoms with van der Waals surface area (Å²) in [6.45, 7) is 8.81. The molecule has 0 aliphatic carbocycles. The second kappa shape index (κ2) is 10.6. The fraction of sp³-hybridized carbons (Fsp3) is 0.560. The van der Waals surface area contributed by atoms with E-state index < -0.39 is 0 Å². The number of ether oxygens (including phenoxy) is 1. The van der Waals surface area contributed by atoms with Gasteiger partial charge in [0.1, 0.15) is 6.10 Å². The number of allylic oxidation sites excluding steroid dienone is 1. The molecule has 0 saturated carbocycles. The summed E-state index contributed by atoms with van der Waals surface area (Å²) < 4.78 is 5.78. The number of rotatable bonds is 4. The van der Waals surface area contributed by atoms with E-state index in [0.29, 0.717) is 0 Å². The number of aliphatic hydroxyl groups is 1. The molecule has 0 fully saturated rings. The maximum Gasteiger partial charge on any atom is 0.331 e. The molecule has 1 N–H and O–H groups in total. The topological polar surface area (TPSA) is 46.5 Å². The third-order valence-electron chi connectivity index (χ3n) is 5.86. The van der Waals surface area contributed by atoms with Gasteiger partial charge in [-0.05, 0) is 61.1 Å². The zero-order valence-corrected chi connectivity index (χ0v) is 17.9. The molecule has 1 aromatic carbocycles. The highest BCUT2D eigenvalue weighted by Crippen LogP contribution is 2.31. The van der Waals surface area contributed by atoms with E-state index in [4.69, 9.17) is 4.74 Å². The van der Waals surface area contributed by atoms with Crippen molar-refractivity contribution < 1.29 is 14.6 Å². The van der Waals surface area contributed by atoms with Gasteiger partial charge in [-0.25, -0.2) is 4.79 Å². The zero-order chi connectivity index (χ0) is 20.6. The Morgan fingerprint density at radius 1 is 1.36 bits per heavy atom. The number of esters is 1. The van der Waals surface area contributed by atoms with Gasteiger partial charge in [0.25, 0.3) is 0 Å². The van der Waals surface area contributed by atoms with Gasteiger partial charge in [-0.15, -0.1) is 0 Å². The van der Waals surface area contributed by atoms with Gasteiger partial charge in [0.05, 0.1) is 0 Å². The molecule has 0 radical (unpaired) electrons. The van der Waals surface area contributed by atoms with E-state index in [0.717, 1.165) is 44.1 Å². The predicted octanol–water partition coefficient (Wildman–Crippen LogP) is 5.51. The van der Waals surface area contributed by atoms with Crippen LogP contribution in [0.5, 0.6) is 0 Å². The SMILES string of the molecule is CC[C@H](/C=C(/C)[C@@H]1CCCCC(C)(C)c2cccc(c2)C/C=C/C(=O)O1)CO. The lowest BCUT2D eigenvalue weighted by Crippen LogP contribution is -2.21. The minimum Gasteiger partial charge on any atom is -0.455 e. The molecular weight excluding hydrogens is 348 g/mol. The molecule has 0 aromatic heterocycles. The predicted molar refractivity (Wildman–Crippen MR) is 115 cm³/mol. The highest BCUT2D eigenvalue weighted by Gasteiger charge is 2.22. The molecule has 1 heterocycles. The molecule has 1 aromatic rings. The van der Waals surface area contributed by atoms with Gasteiger partial charge in [-0.2, -0.15) is 0 Å². The number of benzene rings is 1. The largest absolute Gasteiger partial charge is 0.455 e. The minimum atomic E-state index is -0.289. The van der Waals surface area contributed by atoms with E-state index in [1.54, 1.807) is 6.08 Å². The summed E-state index contributed by atoms with van der Waals surface area (Å²) in [6.07, 6.45) is 10.9. The molecule has 2 atom stereocenters. The van der Waals surface area contributed by atoms with Gasteiger partial charge in [-0.3, -0.25) is 0 Å². The number of fused-ring (bicyclic) bond motifs is 2. The van der Waals surface area contributed by atoms with Crippen molar-refractivity contribution in [2.24, 2.45) is 5.92 Å². The van der Waals surface area contributed by atoms with Gasteiger partial charge >= 0.3 is 5.97 Å². The highest BCUT2D eigenvalue weighted by molar-refractivity contribution is 5.82. The number of hydrogen-bond donors (Lipinski definition) is 1. The lowest BCUT2D eigenvalue weighted by Gasteiger charge is -2.27. The molecule has 1 aliphatic rings. The van der Waals surface area contributed by atoms with Crippen molar-refractivity contribution in [3.63, 3.8) is 0 Å². The maximum atomic E-state index is 12.3. The van der Waals surface area contributed by atoms with Crippen LogP contribution in [-0.4, -0.2) is 23.8 Å². The zero-order valence-electron chi connectivity index (χ0n) is 17.9. The Balaban J connectivity index is 2.21. The summed E-state index contributed by atoms with van der Waals surface area (Å²) in [5.41, 5.74) is 3.75.